The number of aromatic nitrogens is 3. The Kier molecular flexibility index (Phi) is 8.07. The molecule has 2 aromatic carbocycles. The van der Waals surface area contributed by atoms with Crippen LogP contribution in [0, 0.1) is 0 Å². The molecule has 2 heterocycles. The fraction of sp³-hybridized carbons (Fsp3) is 0.333. The van der Waals surface area contributed by atoms with E-state index in [9.17, 15) is 18.0 Å². The third-order valence-electron chi connectivity index (χ3n) is 5.67. The van der Waals surface area contributed by atoms with E-state index in [1.165, 1.54) is 23.0 Å². The number of carbonyl (C=O) groups excluding carboxylic acids is 2. The Balaban J connectivity index is 1.40. The van der Waals surface area contributed by atoms with Gasteiger partial charge in [0.05, 0.1) is 10.6 Å². The van der Waals surface area contributed by atoms with Crippen LogP contribution in [0.25, 0.3) is 11.4 Å². The quantitative estimate of drug-likeness (QED) is 0.408. The van der Waals surface area contributed by atoms with Crippen LogP contribution in [0.4, 0.5) is 11.4 Å². The van der Waals surface area contributed by atoms with E-state index in [2.05, 4.69) is 20.8 Å². The number of benzene rings is 2. The summed E-state index contributed by atoms with van der Waals surface area (Å²) in [6, 6.07) is 13.6. The van der Waals surface area contributed by atoms with Gasteiger partial charge in [-0.25, -0.2) is 8.42 Å². The van der Waals surface area contributed by atoms with Gasteiger partial charge in [-0.3, -0.25) is 9.59 Å². The number of anilines is 2. The van der Waals surface area contributed by atoms with Crippen molar-refractivity contribution in [2.75, 3.05) is 29.5 Å². The van der Waals surface area contributed by atoms with Crippen molar-refractivity contribution >= 4 is 45.0 Å². The Morgan fingerprint density at radius 1 is 0.944 bits per heavy atom. The molecule has 12 heteroatoms. The number of carbonyl (C=O) groups is 2. The normalized spacial score (nSPS) is 14.1. The first-order chi connectivity index (χ1) is 17.3. The van der Waals surface area contributed by atoms with Crippen LogP contribution < -0.4 is 10.6 Å². The molecule has 2 amide bonds. The van der Waals surface area contributed by atoms with Crippen LogP contribution in [-0.4, -0.2) is 58.1 Å². The Labute approximate surface area is 214 Å². The maximum Gasteiger partial charge on any atom is 0.243 e. The van der Waals surface area contributed by atoms with Crippen molar-refractivity contribution in [3.63, 3.8) is 0 Å². The molecule has 1 aliphatic rings. The number of nitrogens with zero attached hydrogens (tertiary/aromatic N) is 4. The summed E-state index contributed by atoms with van der Waals surface area (Å²) >= 11 is 1.27. The SMILES string of the molecule is CCn1c(SCC(=O)Nc2ccc(NC(C)=O)cc2)nnc1-c1ccc(S(=O)(=O)N2CCCC2)cc1. The van der Waals surface area contributed by atoms with E-state index in [0.29, 0.717) is 42.0 Å². The lowest BCUT2D eigenvalue weighted by Crippen LogP contribution is -2.27. The average molecular weight is 529 g/mol. The van der Waals surface area contributed by atoms with Crippen LogP contribution in [0.15, 0.2) is 58.6 Å². The highest BCUT2D eigenvalue weighted by atomic mass is 32.2. The highest BCUT2D eigenvalue weighted by molar-refractivity contribution is 7.99. The van der Waals surface area contributed by atoms with Crippen LogP contribution in [0.3, 0.4) is 0 Å². The molecule has 1 aromatic heterocycles. The standard InChI is InChI=1S/C24H28N6O4S2/c1-3-30-23(18-6-12-21(13-7-18)36(33,34)29-14-4-5-15-29)27-28-24(30)35-16-22(32)26-20-10-8-19(9-11-20)25-17(2)31/h6-13H,3-5,14-16H2,1-2H3,(H,25,31)(H,26,32). The van der Waals surface area contributed by atoms with Crippen LogP contribution in [0.2, 0.25) is 0 Å². The molecular weight excluding hydrogens is 500 g/mol. The summed E-state index contributed by atoms with van der Waals surface area (Å²) in [5.74, 6) is 0.388. The highest BCUT2D eigenvalue weighted by Crippen LogP contribution is 2.27. The number of amides is 2. The van der Waals surface area contributed by atoms with Gasteiger partial charge in [0.15, 0.2) is 11.0 Å². The predicted octanol–water partition coefficient (Wildman–Crippen LogP) is 3.44. The molecule has 4 rings (SSSR count). The molecule has 0 radical (unpaired) electrons. The molecule has 0 spiro atoms. The predicted molar refractivity (Wildman–Crippen MR) is 139 cm³/mol. The second-order valence-corrected chi connectivity index (χ2v) is 11.2. The zero-order valence-corrected chi connectivity index (χ0v) is 21.7. The average Bonchev–Trinajstić information content (AvgIpc) is 3.54. The maximum atomic E-state index is 12.8. The molecule has 190 valence electrons. The zero-order chi connectivity index (χ0) is 25.7. The van der Waals surface area contributed by atoms with E-state index in [-0.39, 0.29) is 22.5 Å². The molecule has 3 aromatic rings. The Morgan fingerprint density at radius 2 is 1.56 bits per heavy atom. The molecule has 0 saturated carbocycles. The van der Waals surface area contributed by atoms with Crippen molar-refractivity contribution in [1.82, 2.24) is 19.1 Å². The Morgan fingerprint density at radius 3 is 2.14 bits per heavy atom. The fourth-order valence-corrected chi connectivity index (χ4v) is 6.23. The van der Waals surface area contributed by atoms with Crippen molar-refractivity contribution in [2.24, 2.45) is 0 Å². The van der Waals surface area contributed by atoms with Crippen molar-refractivity contribution in [2.45, 2.75) is 43.3 Å². The van der Waals surface area contributed by atoms with Gasteiger partial charge in [0.2, 0.25) is 21.8 Å². The van der Waals surface area contributed by atoms with E-state index < -0.39 is 10.0 Å². The third kappa shape index (κ3) is 5.94. The first-order valence-electron chi connectivity index (χ1n) is 11.6. The van der Waals surface area contributed by atoms with Gasteiger partial charge in [-0.15, -0.1) is 10.2 Å². The first-order valence-corrected chi connectivity index (χ1v) is 14.0. The summed E-state index contributed by atoms with van der Waals surface area (Å²) in [7, 11) is -3.48. The minimum atomic E-state index is -3.48. The van der Waals surface area contributed by atoms with Crippen LogP contribution in [0.1, 0.15) is 26.7 Å². The first kappa shape index (κ1) is 25.9. The molecule has 2 N–H and O–H groups in total. The fourth-order valence-electron chi connectivity index (χ4n) is 3.91. The summed E-state index contributed by atoms with van der Waals surface area (Å²) in [6.07, 6.45) is 1.78. The summed E-state index contributed by atoms with van der Waals surface area (Å²) in [4.78, 5) is 23.8. The lowest BCUT2D eigenvalue weighted by atomic mass is 10.2. The Hall–Kier alpha value is -3.22. The largest absolute Gasteiger partial charge is 0.326 e. The second-order valence-electron chi connectivity index (χ2n) is 8.28. The van der Waals surface area contributed by atoms with Crippen molar-refractivity contribution in [3.8, 4) is 11.4 Å². The van der Waals surface area contributed by atoms with Crippen LogP contribution in [-0.2, 0) is 26.2 Å². The van der Waals surface area contributed by atoms with E-state index in [1.807, 2.05) is 11.5 Å². The number of hydrogen-bond donors (Lipinski definition) is 2. The summed E-state index contributed by atoms with van der Waals surface area (Å²) in [6.45, 7) is 5.10. The lowest BCUT2D eigenvalue weighted by molar-refractivity contribution is -0.114. The van der Waals surface area contributed by atoms with Gasteiger partial charge in [-0.05, 0) is 68.3 Å². The smallest absolute Gasteiger partial charge is 0.243 e. The molecule has 1 saturated heterocycles. The maximum absolute atomic E-state index is 12.8. The monoisotopic (exact) mass is 528 g/mol. The molecule has 0 atom stereocenters. The van der Waals surface area contributed by atoms with E-state index in [0.717, 1.165) is 18.4 Å². The molecular formula is C24H28N6O4S2. The summed E-state index contributed by atoms with van der Waals surface area (Å²) in [5, 5.41) is 14.6. The van der Waals surface area contributed by atoms with Gasteiger partial charge < -0.3 is 15.2 Å². The van der Waals surface area contributed by atoms with Crippen molar-refractivity contribution in [3.05, 3.63) is 48.5 Å². The molecule has 10 nitrogen and oxygen atoms in total. The lowest BCUT2D eigenvalue weighted by Gasteiger charge is -2.15. The number of thioether (sulfide) groups is 1. The number of hydrogen-bond acceptors (Lipinski definition) is 7. The van der Waals surface area contributed by atoms with Crippen LogP contribution in [0.5, 0.6) is 0 Å². The van der Waals surface area contributed by atoms with Gasteiger partial charge in [-0.1, -0.05) is 11.8 Å². The van der Waals surface area contributed by atoms with Gasteiger partial charge in [-0.2, -0.15) is 4.31 Å². The Bertz CT molecular complexity index is 1330. The van der Waals surface area contributed by atoms with Gasteiger partial charge >= 0.3 is 0 Å². The molecule has 36 heavy (non-hydrogen) atoms. The second kappa shape index (κ2) is 11.2. The third-order valence-corrected chi connectivity index (χ3v) is 8.55. The van der Waals surface area contributed by atoms with E-state index >= 15 is 0 Å². The molecule has 0 bridgehead atoms. The summed E-state index contributed by atoms with van der Waals surface area (Å²) in [5.41, 5.74) is 2.02. The van der Waals surface area contributed by atoms with E-state index in [1.54, 1.807) is 48.5 Å². The van der Waals surface area contributed by atoms with Gasteiger partial charge in [0.25, 0.3) is 0 Å². The molecule has 0 unspecified atom stereocenters. The number of nitrogens with one attached hydrogen (secondary N) is 2. The topological polar surface area (TPSA) is 126 Å². The number of rotatable bonds is 9. The minimum Gasteiger partial charge on any atom is -0.326 e. The number of sulfonamides is 1. The van der Waals surface area contributed by atoms with E-state index in [4.69, 9.17) is 0 Å². The van der Waals surface area contributed by atoms with Gasteiger partial charge in [0, 0.05) is 43.5 Å². The summed E-state index contributed by atoms with van der Waals surface area (Å²) < 4.78 is 29.0. The molecule has 1 aliphatic heterocycles. The molecule has 1 fully saturated rings. The minimum absolute atomic E-state index is 0.137. The van der Waals surface area contributed by atoms with Gasteiger partial charge in [0.1, 0.15) is 0 Å². The highest BCUT2D eigenvalue weighted by Gasteiger charge is 2.27. The molecule has 0 aliphatic carbocycles. The zero-order valence-electron chi connectivity index (χ0n) is 20.1. The van der Waals surface area contributed by atoms with Crippen molar-refractivity contribution in [1.29, 1.82) is 0 Å². The van der Waals surface area contributed by atoms with Crippen LogP contribution >= 0.6 is 11.8 Å². The van der Waals surface area contributed by atoms with Crippen molar-refractivity contribution < 1.29 is 18.0 Å².